The number of nitrogens with zero attached hydrogens (tertiary/aromatic N) is 2. The molecule has 0 spiro atoms. The summed E-state index contributed by atoms with van der Waals surface area (Å²) in [6.07, 6.45) is 1.31. The zero-order chi connectivity index (χ0) is 22.5. The maximum absolute atomic E-state index is 12.4. The Balaban J connectivity index is 2.10. The van der Waals surface area contributed by atoms with Crippen molar-refractivity contribution in [3.05, 3.63) is 46.4 Å². The van der Waals surface area contributed by atoms with Crippen molar-refractivity contribution in [2.45, 2.75) is 45.3 Å². The van der Waals surface area contributed by atoms with E-state index < -0.39 is 23.7 Å². The second kappa shape index (κ2) is 9.43. The van der Waals surface area contributed by atoms with Crippen molar-refractivity contribution in [1.82, 2.24) is 15.1 Å². The van der Waals surface area contributed by atoms with Gasteiger partial charge in [-0.05, 0) is 44.7 Å². The number of carboxylic acid groups (broad SMARTS) is 1. The summed E-state index contributed by atoms with van der Waals surface area (Å²) in [5.41, 5.74) is 0.931. The fourth-order valence-corrected chi connectivity index (χ4v) is 2.80. The summed E-state index contributed by atoms with van der Waals surface area (Å²) in [6, 6.07) is 6.08. The van der Waals surface area contributed by atoms with Gasteiger partial charge in [-0.2, -0.15) is 5.10 Å². The molecular weight excluding hydrogens is 390 g/mol. The Morgan fingerprint density at radius 3 is 2.40 bits per heavy atom. The summed E-state index contributed by atoms with van der Waals surface area (Å²) in [4.78, 5) is 35.8. The zero-order valence-corrected chi connectivity index (χ0v) is 17.8. The van der Waals surface area contributed by atoms with Crippen LogP contribution in [0.2, 0.25) is 0 Å². The Morgan fingerprint density at radius 1 is 1.23 bits per heavy atom. The molecule has 0 aliphatic carbocycles. The summed E-state index contributed by atoms with van der Waals surface area (Å²) in [5.74, 6) is -0.763. The predicted octanol–water partition coefficient (Wildman–Crippen LogP) is 2.37. The third-order valence-corrected chi connectivity index (χ3v) is 4.28. The van der Waals surface area contributed by atoms with Crippen molar-refractivity contribution in [2.75, 3.05) is 7.11 Å². The van der Waals surface area contributed by atoms with E-state index in [-0.39, 0.29) is 12.0 Å². The third-order valence-electron chi connectivity index (χ3n) is 4.28. The Labute approximate surface area is 174 Å². The highest BCUT2D eigenvalue weighted by atomic mass is 16.6. The Hall–Kier alpha value is -3.36. The number of aryl methyl sites for hydroxylation is 2. The van der Waals surface area contributed by atoms with Crippen molar-refractivity contribution in [3.8, 4) is 16.9 Å². The summed E-state index contributed by atoms with van der Waals surface area (Å²) in [5, 5.41) is 15.7. The van der Waals surface area contributed by atoms with Gasteiger partial charge in [0, 0.05) is 7.05 Å². The summed E-state index contributed by atoms with van der Waals surface area (Å²) >= 11 is 0. The summed E-state index contributed by atoms with van der Waals surface area (Å²) in [7, 11) is 3.03. The molecule has 9 heteroatoms. The van der Waals surface area contributed by atoms with E-state index in [2.05, 4.69) is 10.4 Å². The lowest BCUT2D eigenvalue weighted by molar-refractivity contribution is -0.139. The normalized spacial score (nSPS) is 12.2. The van der Waals surface area contributed by atoms with E-state index in [0.717, 1.165) is 5.56 Å². The number of ether oxygens (including phenoxy) is 2. The monoisotopic (exact) mass is 417 g/mol. The quantitative estimate of drug-likeness (QED) is 0.710. The Morgan fingerprint density at radius 2 is 1.87 bits per heavy atom. The minimum atomic E-state index is -1.14. The van der Waals surface area contributed by atoms with E-state index in [4.69, 9.17) is 9.47 Å². The smallest absolute Gasteiger partial charge is 0.408 e. The number of carbonyl (C=O) groups is 2. The lowest BCUT2D eigenvalue weighted by Gasteiger charge is -2.22. The topological polar surface area (TPSA) is 120 Å². The minimum Gasteiger partial charge on any atom is -0.494 e. The van der Waals surface area contributed by atoms with E-state index in [1.807, 2.05) is 0 Å². The second-order valence-electron chi connectivity index (χ2n) is 7.79. The van der Waals surface area contributed by atoms with E-state index >= 15 is 0 Å². The highest BCUT2D eigenvalue weighted by molar-refractivity contribution is 5.80. The fraction of sp³-hybridized carbons (Fsp3) is 0.429. The van der Waals surface area contributed by atoms with Gasteiger partial charge in [0.2, 0.25) is 0 Å². The molecule has 0 bridgehead atoms. The molecule has 1 aromatic heterocycles. The number of benzene rings is 1. The number of aliphatic carboxylic acids is 1. The average molecular weight is 417 g/mol. The second-order valence-corrected chi connectivity index (χ2v) is 7.79. The molecule has 0 saturated heterocycles. The number of amides is 1. The van der Waals surface area contributed by atoms with Gasteiger partial charge in [0.1, 0.15) is 11.6 Å². The van der Waals surface area contributed by atoms with E-state index in [1.54, 1.807) is 52.1 Å². The maximum Gasteiger partial charge on any atom is 0.408 e. The molecule has 2 aromatic rings. The third kappa shape index (κ3) is 6.07. The van der Waals surface area contributed by atoms with Crippen LogP contribution in [0.3, 0.4) is 0 Å². The Bertz CT molecular complexity index is 960. The molecule has 1 amide bonds. The number of methoxy groups -OCH3 is 1. The molecular formula is C21H27N3O6. The molecule has 9 nitrogen and oxygen atoms in total. The lowest BCUT2D eigenvalue weighted by Crippen LogP contribution is -2.43. The van der Waals surface area contributed by atoms with Gasteiger partial charge in [0.25, 0.3) is 5.56 Å². The molecule has 0 aliphatic rings. The lowest BCUT2D eigenvalue weighted by atomic mass is 10.0. The van der Waals surface area contributed by atoms with E-state index in [9.17, 15) is 19.5 Å². The number of hydrogen-bond donors (Lipinski definition) is 2. The van der Waals surface area contributed by atoms with Crippen LogP contribution >= 0.6 is 0 Å². The number of carbonyl (C=O) groups excluding carboxylic acids is 1. The van der Waals surface area contributed by atoms with Crippen LogP contribution in [0.5, 0.6) is 5.75 Å². The first-order chi connectivity index (χ1) is 14.0. The van der Waals surface area contributed by atoms with Gasteiger partial charge in [-0.15, -0.1) is 0 Å². The molecule has 0 fully saturated rings. The van der Waals surface area contributed by atoms with E-state index in [0.29, 0.717) is 23.3 Å². The SMILES string of the molecule is COc1cnn(C)c(=O)c1-c1ccc(CC[C@H](NC(=O)OC(C)(C)C)C(=O)O)cc1. The average Bonchev–Trinajstić information content (AvgIpc) is 2.66. The van der Waals surface area contributed by atoms with Crippen LogP contribution in [0, 0.1) is 0 Å². The van der Waals surface area contributed by atoms with Gasteiger partial charge >= 0.3 is 12.1 Å². The highest BCUT2D eigenvalue weighted by Gasteiger charge is 2.23. The standard InChI is InChI=1S/C21H27N3O6/c1-21(2,3)30-20(28)23-15(19(26)27)11-8-13-6-9-14(10-7-13)17-16(29-5)12-22-24(4)18(17)25/h6-7,9-10,12,15H,8,11H2,1-5H3,(H,23,28)(H,26,27)/t15-/m0/s1. The number of carboxylic acids is 1. The van der Waals surface area contributed by atoms with Gasteiger partial charge in [0.15, 0.2) is 5.75 Å². The van der Waals surface area contributed by atoms with Gasteiger partial charge in [-0.3, -0.25) is 4.79 Å². The number of nitrogens with one attached hydrogen (secondary N) is 1. The Kier molecular flexibility index (Phi) is 7.20. The van der Waals surface area contributed by atoms with Gasteiger partial charge < -0.3 is 19.9 Å². The molecule has 0 unspecified atom stereocenters. The van der Waals surface area contributed by atoms with Gasteiger partial charge in [-0.25, -0.2) is 14.3 Å². The van der Waals surface area contributed by atoms with Gasteiger partial charge in [0.05, 0.1) is 18.9 Å². The minimum absolute atomic E-state index is 0.189. The molecule has 0 saturated carbocycles. The largest absolute Gasteiger partial charge is 0.494 e. The van der Waals surface area contributed by atoms with Crippen LogP contribution < -0.4 is 15.6 Å². The molecule has 30 heavy (non-hydrogen) atoms. The highest BCUT2D eigenvalue weighted by Crippen LogP contribution is 2.25. The number of alkyl carbamates (subject to hydrolysis) is 1. The molecule has 0 radical (unpaired) electrons. The van der Waals surface area contributed by atoms with Crippen molar-refractivity contribution < 1.29 is 24.2 Å². The van der Waals surface area contributed by atoms with Crippen molar-refractivity contribution in [2.24, 2.45) is 7.05 Å². The van der Waals surface area contributed by atoms with Crippen molar-refractivity contribution >= 4 is 12.1 Å². The zero-order valence-electron chi connectivity index (χ0n) is 17.8. The molecule has 162 valence electrons. The van der Waals surface area contributed by atoms with E-state index in [1.165, 1.54) is 18.0 Å². The summed E-state index contributed by atoms with van der Waals surface area (Å²) < 4.78 is 11.6. The number of hydrogen-bond acceptors (Lipinski definition) is 6. The first kappa shape index (κ1) is 22.9. The van der Waals surface area contributed by atoms with Crippen LogP contribution in [-0.4, -0.2) is 45.7 Å². The molecule has 1 aromatic carbocycles. The number of rotatable bonds is 7. The van der Waals surface area contributed by atoms with Crippen molar-refractivity contribution in [3.63, 3.8) is 0 Å². The van der Waals surface area contributed by atoms with Crippen molar-refractivity contribution in [1.29, 1.82) is 0 Å². The van der Waals surface area contributed by atoms with Crippen LogP contribution in [0.1, 0.15) is 32.8 Å². The van der Waals surface area contributed by atoms with Gasteiger partial charge in [-0.1, -0.05) is 24.3 Å². The molecule has 0 aliphatic heterocycles. The molecule has 2 N–H and O–H groups in total. The van der Waals surface area contributed by atoms with Crippen LogP contribution in [0.15, 0.2) is 35.3 Å². The first-order valence-corrected chi connectivity index (χ1v) is 9.43. The fourth-order valence-electron chi connectivity index (χ4n) is 2.80. The van der Waals surface area contributed by atoms with Crippen LogP contribution in [0.25, 0.3) is 11.1 Å². The molecule has 1 heterocycles. The maximum atomic E-state index is 12.4. The number of aromatic nitrogens is 2. The molecule has 2 rings (SSSR count). The predicted molar refractivity (Wildman–Crippen MR) is 111 cm³/mol. The first-order valence-electron chi connectivity index (χ1n) is 9.43. The van der Waals surface area contributed by atoms with Crippen LogP contribution in [0.4, 0.5) is 4.79 Å². The summed E-state index contributed by atoms with van der Waals surface area (Å²) in [6.45, 7) is 5.11. The van der Waals surface area contributed by atoms with Crippen LogP contribution in [-0.2, 0) is 23.0 Å². The molecule has 1 atom stereocenters.